The van der Waals surface area contributed by atoms with E-state index in [1.807, 2.05) is 35.8 Å². The van der Waals surface area contributed by atoms with Gasteiger partial charge in [-0.2, -0.15) is 0 Å². The molecule has 184 valence electrons. The molecule has 0 spiro atoms. The van der Waals surface area contributed by atoms with Crippen molar-refractivity contribution < 1.29 is 27.6 Å². The monoisotopic (exact) mass is 481 g/mol. The van der Waals surface area contributed by atoms with Gasteiger partial charge in [0.15, 0.2) is 20.9 Å². The van der Waals surface area contributed by atoms with Crippen molar-refractivity contribution in [2.24, 2.45) is 17.7 Å². The van der Waals surface area contributed by atoms with Crippen molar-refractivity contribution in [3.05, 3.63) is 42.0 Å². The Balaban J connectivity index is 2.41. The molecule has 2 amide bonds. The molecule has 0 bridgehead atoms. The molecular formula is C23H35N3O6S. The summed E-state index contributed by atoms with van der Waals surface area (Å²) in [4.78, 5) is 31.7. The third-order valence-corrected chi connectivity index (χ3v) is 7.64. The van der Waals surface area contributed by atoms with Crippen LogP contribution in [0.4, 0.5) is 0 Å². The van der Waals surface area contributed by atoms with Gasteiger partial charge < -0.3 is 4.74 Å². The summed E-state index contributed by atoms with van der Waals surface area (Å²) >= 11 is 0. The first-order valence-corrected chi connectivity index (χ1v) is 13.0. The van der Waals surface area contributed by atoms with Gasteiger partial charge in [0.2, 0.25) is 5.91 Å². The summed E-state index contributed by atoms with van der Waals surface area (Å²) in [6.45, 7) is 4.08. The van der Waals surface area contributed by atoms with Crippen molar-refractivity contribution in [3.8, 4) is 0 Å². The molecule has 0 saturated carbocycles. The van der Waals surface area contributed by atoms with Crippen LogP contribution in [0.1, 0.15) is 51.5 Å². The number of allylic oxidation sites excluding steroid dienone is 1. The normalized spacial score (nSPS) is 19.7. The van der Waals surface area contributed by atoms with E-state index in [2.05, 4.69) is 5.48 Å². The fourth-order valence-electron chi connectivity index (χ4n) is 4.11. The lowest BCUT2D eigenvalue weighted by Gasteiger charge is -2.37. The van der Waals surface area contributed by atoms with Crippen LogP contribution in [0.25, 0.3) is 6.08 Å². The highest BCUT2D eigenvalue weighted by Gasteiger charge is 2.56. The molecule has 9 nitrogen and oxygen atoms in total. The highest BCUT2D eigenvalue weighted by atomic mass is 32.2. The Bertz CT molecular complexity index is 913. The predicted molar refractivity (Wildman–Crippen MR) is 126 cm³/mol. The second-order valence-electron chi connectivity index (χ2n) is 8.71. The molecule has 1 heterocycles. The number of nitrogens with two attached hydrogens (primary N) is 1. The Morgan fingerprint density at radius 2 is 1.97 bits per heavy atom. The molecule has 10 heteroatoms. The molecule has 1 aromatic carbocycles. The summed E-state index contributed by atoms with van der Waals surface area (Å²) in [6, 6.07) is 9.35. The lowest BCUT2D eigenvalue weighted by Crippen LogP contribution is -2.62. The van der Waals surface area contributed by atoms with Gasteiger partial charge in [-0.1, -0.05) is 56.3 Å². The predicted octanol–water partition coefficient (Wildman–Crippen LogP) is 2.10. The zero-order valence-electron chi connectivity index (χ0n) is 19.5. The zero-order valence-corrected chi connectivity index (χ0v) is 20.3. The van der Waals surface area contributed by atoms with Crippen molar-refractivity contribution in [1.29, 1.82) is 0 Å². The third kappa shape index (κ3) is 7.10. The maximum Gasteiger partial charge on any atom is 0.256 e. The molecule has 4 N–H and O–H groups in total. The molecule has 1 fully saturated rings. The van der Waals surface area contributed by atoms with Crippen LogP contribution in [0.2, 0.25) is 0 Å². The Morgan fingerprint density at radius 1 is 1.27 bits per heavy atom. The number of amides is 2. The fourth-order valence-corrected chi connectivity index (χ4v) is 5.86. The van der Waals surface area contributed by atoms with E-state index >= 15 is 0 Å². The fraction of sp³-hybridized carbons (Fsp3) is 0.565. The van der Waals surface area contributed by atoms with Crippen molar-refractivity contribution >= 4 is 27.7 Å². The maximum absolute atomic E-state index is 13.3. The molecule has 3 atom stereocenters. The molecule has 1 unspecified atom stereocenters. The summed E-state index contributed by atoms with van der Waals surface area (Å²) in [5.74, 6) is 2.25. The summed E-state index contributed by atoms with van der Waals surface area (Å²) in [7, 11) is -4.09. The van der Waals surface area contributed by atoms with Crippen LogP contribution >= 0.6 is 0 Å². The van der Waals surface area contributed by atoms with Crippen LogP contribution in [0, 0.1) is 11.8 Å². The van der Waals surface area contributed by atoms with E-state index in [1.165, 1.54) is 0 Å². The largest absolute Gasteiger partial charge is 0.350 e. The number of hydrogen-bond acceptors (Lipinski definition) is 7. The number of hydrazine groups is 1. The van der Waals surface area contributed by atoms with Crippen LogP contribution in [0.3, 0.4) is 0 Å². The Kier molecular flexibility index (Phi) is 10.0. The maximum atomic E-state index is 13.3. The summed E-state index contributed by atoms with van der Waals surface area (Å²) in [6.07, 6.45) is 6.07. The van der Waals surface area contributed by atoms with Gasteiger partial charge in [0, 0.05) is 19.3 Å². The molecule has 2 rings (SSSR count). The van der Waals surface area contributed by atoms with Crippen LogP contribution in [-0.4, -0.2) is 44.1 Å². The van der Waals surface area contributed by atoms with E-state index in [9.17, 15) is 18.0 Å². The van der Waals surface area contributed by atoms with E-state index < -0.39 is 38.6 Å². The van der Waals surface area contributed by atoms with Crippen LogP contribution < -0.4 is 16.7 Å². The van der Waals surface area contributed by atoms with Crippen molar-refractivity contribution in [2.75, 3.05) is 12.9 Å². The number of hydroxylamine groups is 1. The van der Waals surface area contributed by atoms with Crippen LogP contribution in [0.15, 0.2) is 36.4 Å². The van der Waals surface area contributed by atoms with Crippen LogP contribution in [-0.2, 0) is 29.0 Å². The average molecular weight is 482 g/mol. The minimum Gasteiger partial charge on any atom is -0.350 e. The van der Waals surface area contributed by atoms with E-state index in [-0.39, 0.29) is 18.8 Å². The van der Waals surface area contributed by atoms with Gasteiger partial charge in [0.05, 0.1) is 5.92 Å². The topological polar surface area (TPSA) is 137 Å². The van der Waals surface area contributed by atoms with Gasteiger partial charge in [-0.3, -0.25) is 15.0 Å². The van der Waals surface area contributed by atoms with Crippen molar-refractivity contribution in [1.82, 2.24) is 10.9 Å². The molecule has 1 aliphatic heterocycles. The number of ether oxygens (including phenoxy) is 1. The second-order valence-corrected chi connectivity index (χ2v) is 11.0. The number of hydrogen-bond donors (Lipinski definition) is 3. The lowest BCUT2D eigenvalue weighted by molar-refractivity contribution is -0.202. The quantitative estimate of drug-likeness (QED) is 0.250. The SMILES string of the molecule is CC(C)C[C@](C(=O)NN)([C@@H](C/C=C/c1ccccc1)C(=O)NOC1CCCCO1)S(C)(=O)=O. The third-order valence-electron chi connectivity index (χ3n) is 5.68. The molecule has 1 aromatic rings. The number of sulfone groups is 1. The van der Waals surface area contributed by atoms with E-state index in [0.717, 1.165) is 24.7 Å². The number of rotatable bonds is 11. The van der Waals surface area contributed by atoms with E-state index in [1.54, 1.807) is 26.0 Å². The van der Waals surface area contributed by atoms with Crippen molar-refractivity contribution in [3.63, 3.8) is 0 Å². The van der Waals surface area contributed by atoms with Gasteiger partial charge in [0.1, 0.15) is 0 Å². The number of benzene rings is 1. The van der Waals surface area contributed by atoms with E-state index in [4.69, 9.17) is 15.4 Å². The first-order chi connectivity index (χ1) is 15.6. The average Bonchev–Trinajstić information content (AvgIpc) is 2.79. The highest BCUT2D eigenvalue weighted by molar-refractivity contribution is 7.93. The first kappa shape index (κ1) is 27.0. The molecule has 33 heavy (non-hydrogen) atoms. The van der Waals surface area contributed by atoms with Gasteiger partial charge in [-0.05, 0) is 37.2 Å². The van der Waals surface area contributed by atoms with Gasteiger partial charge in [-0.15, -0.1) is 0 Å². The molecule has 1 aliphatic rings. The van der Waals surface area contributed by atoms with Crippen LogP contribution in [0.5, 0.6) is 0 Å². The van der Waals surface area contributed by atoms with E-state index in [0.29, 0.717) is 13.0 Å². The molecule has 0 aromatic heterocycles. The minimum absolute atomic E-state index is 0.0250. The Hall–Kier alpha value is -2.27. The summed E-state index contributed by atoms with van der Waals surface area (Å²) in [5.41, 5.74) is 5.20. The first-order valence-electron chi connectivity index (χ1n) is 11.1. The highest BCUT2D eigenvalue weighted by Crippen LogP contribution is 2.37. The lowest BCUT2D eigenvalue weighted by atomic mass is 9.81. The summed E-state index contributed by atoms with van der Waals surface area (Å²) < 4.78 is 29.6. The van der Waals surface area contributed by atoms with Gasteiger partial charge in [-0.25, -0.2) is 24.6 Å². The Morgan fingerprint density at radius 3 is 2.52 bits per heavy atom. The molecule has 1 saturated heterocycles. The van der Waals surface area contributed by atoms with Gasteiger partial charge in [0.25, 0.3) is 5.91 Å². The Labute approximate surface area is 195 Å². The standard InChI is InChI=1S/C23H35N3O6S/c1-17(2)16-23(22(28)25-24,33(3,29)30)19(13-9-12-18-10-5-4-6-11-18)21(27)26-32-20-14-7-8-15-31-20/h4-6,9-12,17,19-20H,7-8,13-16,24H2,1-3H3,(H,25,28)(H,26,27)/b12-9+/t19-,20?,23+/m0/s1. The smallest absolute Gasteiger partial charge is 0.256 e. The van der Waals surface area contributed by atoms with Crippen molar-refractivity contribution in [2.45, 2.75) is 57.0 Å². The summed E-state index contributed by atoms with van der Waals surface area (Å²) in [5, 5.41) is 0. The van der Waals surface area contributed by atoms with Gasteiger partial charge >= 0.3 is 0 Å². The molecular weight excluding hydrogens is 446 g/mol. The number of carbonyl (C=O) groups is 2. The molecule has 0 aliphatic carbocycles. The molecule has 0 radical (unpaired) electrons. The minimum atomic E-state index is -4.09. The second kappa shape index (κ2) is 12.3. The number of nitrogens with one attached hydrogen (secondary N) is 2. The number of carbonyl (C=O) groups excluding carboxylic acids is 2. The zero-order chi connectivity index (χ0) is 24.5.